The number of pyridine rings is 1. The fraction of sp³-hybridized carbons (Fsp3) is 0. The average Bonchev–Trinajstić information content (AvgIpc) is 2.17. The molecule has 1 amide bonds. The molecule has 1 N–H and O–H groups in total. The number of carbonyl (C=O) groups is 1. The molecule has 0 saturated carbocycles. The van der Waals surface area contributed by atoms with Crippen molar-refractivity contribution in [3.63, 3.8) is 0 Å². The third-order valence-corrected chi connectivity index (χ3v) is 1.83. The summed E-state index contributed by atoms with van der Waals surface area (Å²) < 4.78 is 0. The largest absolute Gasteiger partial charge is 1.00 e. The zero-order chi connectivity index (χ0) is 9.26. The SMILES string of the molecule is [NH-]C(=O)c1ccc2ccccc2n1.[Na+]. The number of aromatic nitrogens is 1. The Morgan fingerprint density at radius 2 is 1.86 bits per heavy atom. The van der Waals surface area contributed by atoms with E-state index in [1.165, 1.54) is 0 Å². The van der Waals surface area contributed by atoms with Crippen LogP contribution >= 0.6 is 0 Å². The fourth-order valence-electron chi connectivity index (χ4n) is 1.19. The summed E-state index contributed by atoms with van der Waals surface area (Å²) in [6.45, 7) is 0. The molecule has 2 aromatic rings. The number of para-hydroxylation sites is 1. The molecule has 0 aliphatic heterocycles. The van der Waals surface area contributed by atoms with Crippen molar-refractivity contribution >= 4 is 16.8 Å². The minimum Gasteiger partial charge on any atom is -0.662 e. The number of amides is 1. The van der Waals surface area contributed by atoms with E-state index in [9.17, 15) is 4.79 Å². The molecule has 1 heterocycles. The Balaban J connectivity index is 0.000000980. The van der Waals surface area contributed by atoms with Gasteiger partial charge in [-0.15, -0.1) is 0 Å². The van der Waals surface area contributed by atoms with Gasteiger partial charge < -0.3 is 10.5 Å². The van der Waals surface area contributed by atoms with Gasteiger partial charge in [-0.2, -0.15) is 0 Å². The number of benzene rings is 1. The number of hydrogen-bond donors (Lipinski definition) is 0. The maximum absolute atomic E-state index is 10.7. The van der Waals surface area contributed by atoms with Crippen LogP contribution in [0.1, 0.15) is 10.5 Å². The summed E-state index contributed by atoms with van der Waals surface area (Å²) >= 11 is 0. The van der Waals surface area contributed by atoms with Gasteiger partial charge in [-0.05, 0) is 12.1 Å². The molecule has 0 aliphatic carbocycles. The molecule has 2 rings (SSSR count). The molecule has 0 saturated heterocycles. The Morgan fingerprint density at radius 3 is 2.57 bits per heavy atom. The Labute approximate surface area is 104 Å². The predicted molar refractivity (Wildman–Crippen MR) is 50.4 cm³/mol. The van der Waals surface area contributed by atoms with Gasteiger partial charge >= 0.3 is 29.6 Å². The summed E-state index contributed by atoms with van der Waals surface area (Å²) in [5.74, 6) is -0.745. The number of nitrogens with zero attached hydrogens (tertiary/aromatic N) is 1. The van der Waals surface area contributed by atoms with Gasteiger partial charge in [0.2, 0.25) is 0 Å². The Kier molecular flexibility index (Phi) is 3.63. The first-order valence-electron chi connectivity index (χ1n) is 3.89. The van der Waals surface area contributed by atoms with Crippen molar-refractivity contribution in [3.8, 4) is 0 Å². The molecule has 14 heavy (non-hydrogen) atoms. The molecular formula is C10H7N2NaO. The number of fused-ring (bicyclic) bond motifs is 1. The molecule has 0 aliphatic rings. The third-order valence-electron chi connectivity index (χ3n) is 1.83. The van der Waals surface area contributed by atoms with E-state index in [2.05, 4.69) is 4.98 Å². The van der Waals surface area contributed by atoms with Gasteiger partial charge in [-0.1, -0.05) is 24.3 Å². The number of carbonyl (C=O) groups excluding carboxylic acids is 1. The summed E-state index contributed by atoms with van der Waals surface area (Å²) in [7, 11) is 0. The topological polar surface area (TPSA) is 53.8 Å². The van der Waals surface area contributed by atoms with E-state index in [4.69, 9.17) is 5.73 Å². The quantitative estimate of drug-likeness (QED) is 0.571. The molecule has 1 aromatic carbocycles. The van der Waals surface area contributed by atoms with E-state index in [1.54, 1.807) is 12.1 Å². The molecule has 3 nitrogen and oxygen atoms in total. The van der Waals surface area contributed by atoms with Crippen LogP contribution in [-0.2, 0) is 0 Å². The van der Waals surface area contributed by atoms with Gasteiger partial charge in [0, 0.05) is 5.39 Å². The van der Waals surface area contributed by atoms with E-state index in [-0.39, 0.29) is 35.3 Å². The summed E-state index contributed by atoms with van der Waals surface area (Å²) in [5, 5.41) is 0.979. The van der Waals surface area contributed by atoms with Crippen molar-refractivity contribution in [1.29, 1.82) is 0 Å². The second-order valence-corrected chi connectivity index (χ2v) is 2.72. The van der Waals surface area contributed by atoms with E-state index in [1.807, 2.05) is 24.3 Å². The average molecular weight is 194 g/mol. The van der Waals surface area contributed by atoms with Crippen LogP contribution in [0.4, 0.5) is 0 Å². The number of hydrogen-bond acceptors (Lipinski definition) is 2. The summed E-state index contributed by atoms with van der Waals surface area (Å²) in [4.78, 5) is 14.7. The minimum atomic E-state index is -0.745. The van der Waals surface area contributed by atoms with Gasteiger partial charge in [-0.3, -0.25) is 0 Å². The Morgan fingerprint density at radius 1 is 1.14 bits per heavy atom. The van der Waals surface area contributed by atoms with Crippen LogP contribution in [0.15, 0.2) is 36.4 Å². The molecule has 1 aromatic heterocycles. The van der Waals surface area contributed by atoms with Gasteiger partial charge in [0.05, 0.1) is 17.1 Å². The maximum Gasteiger partial charge on any atom is 1.00 e. The zero-order valence-corrected chi connectivity index (χ0v) is 9.82. The van der Waals surface area contributed by atoms with E-state index in [0.29, 0.717) is 0 Å². The first-order valence-corrected chi connectivity index (χ1v) is 3.89. The van der Waals surface area contributed by atoms with Crippen molar-refractivity contribution in [1.82, 2.24) is 4.98 Å². The van der Waals surface area contributed by atoms with Crippen LogP contribution in [-0.4, -0.2) is 10.9 Å². The molecule has 4 heteroatoms. The van der Waals surface area contributed by atoms with Gasteiger partial charge in [0.15, 0.2) is 0 Å². The molecule has 64 valence electrons. The first kappa shape index (κ1) is 11.2. The van der Waals surface area contributed by atoms with Gasteiger partial charge in [0.1, 0.15) is 0 Å². The summed E-state index contributed by atoms with van der Waals surface area (Å²) in [5.41, 5.74) is 7.84. The smallest absolute Gasteiger partial charge is 0.662 e. The summed E-state index contributed by atoms with van der Waals surface area (Å²) in [6, 6.07) is 10.9. The summed E-state index contributed by atoms with van der Waals surface area (Å²) in [6.07, 6.45) is 0. The Hall–Kier alpha value is -0.900. The van der Waals surface area contributed by atoms with Crippen molar-refractivity contribution in [3.05, 3.63) is 47.8 Å². The van der Waals surface area contributed by atoms with E-state index >= 15 is 0 Å². The molecule has 0 bridgehead atoms. The van der Waals surface area contributed by atoms with E-state index < -0.39 is 5.91 Å². The molecule has 0 radical (unpaired) electrons. The van der Waals surface area contributed by atoms with Gasteiger partial charge in [-0.25, -0.2) is 4.98 Å². The zero-order valence-electron chi connectivity index (χ0n) is 7.82. The van der Waals surface area contributed by atoms with Crippen LogP contribution in [0.5, 0.6) is 0 Å². The molecule has 0 unspecified atom stereocenters. The second kappa shape index (κ2) is 4.55. The number of rotatable bonds is 1. The van der Waals surface area contributed by atoms with Crippen LogP contribution in [0.2, 0.25) is 0 Å². The molecule has 0 atom stereocenters. The number of nitrogens with one attached hydrogen (secondary N) is 1. The molecule has 0 spiro atoms. The molecular weight excluding hydrogens is 187 g/mol. The van der Waals surface area contributed by atoms with Crippen LogP contribution < -0.4 is 29.6 Å². The van der Waals surface area contributed by atoms with Crippen LogP contribution in [0.3, 0.4) is 0 Å². The van der Waals surface area contributed by atoms with Crippen molar-refractivity contribution in [2.24, 2.45) is 0 Å². The standard InChI is InChI=1S/C10H8N2O.Na/c11-10(13)9-6-5-7-3-1-2-4-8(7)12-9;/h1-6H,(H2,11,13);/q;+1/p-1. The Bertz CT molecular complexity index is 470. The fourth-order valence-corrected chi connectivity index (χ4v) is 1.19. The van der Waals surface area contributed by atoms with Gasteiger partial charge in [0.25, 0.3) is 0 Å². The normalized spacial score (nSPS) is 9.43. The molecule has 0 fully saturated rings. The van der Waals surface area contributed by atoms with E-state index in [0.717, 1.165) is 10.9 Å². The minimum absolute atomic E-state index is 0. The monoisotopic (exact) mass is 194 g/mol. The third kappa shape index (κ3) is 2.12. The van der Waals surface area contributed by atoms with Crippen molar-refractivity contribution < 1.29 is 34.4 Å². The van der Waals surface area contributed by atoms with Crippen LogP contribution in [0, 0.1) is 0 Å². The predicted octanol–water partition coefficient (Wildman–Crippen LogP) is -0.569. The second-order valence-electron chi connectivity index (χ2n) is 2.72. The van der Waals surface area contributed by atoms with Crippen molar-refractivity contribution in [2.75, 3.05) is 0 Å². The van der Waals surface area contributed by atoms with Crippen LogP contribution in [0.25, 0.3) is 16.6 Å². The van der Waals surface area contributed by atoms with Crippen molar-refractivity contribution in [2.45, 2.75) is 0 Å². The first-order chi connectivity index (χ1) is 6.27. The maximum atomic E-state index is 10.7.